The third kappa shape index (κ3) is 3.69. The fourth-order valence-corrected chi connectivity index (χ4v) is 2.71. The van der Waals surface area contributed by atoms with E-state index in [0.717, 1.165) is 0 Å². The van der Waals surface area contributed by atoms with Crippen molar-refractivity contribution in [2.24, 2.45) is 16.5 Å². The zero-order valence-corrected chi connectivity index (χ0v) is 11.6. The lowest BCUT2D eigenvalue weighted by Crippen LogP contribution is -2.44. The molecule has 0 aliphatic rings. The van der Waals surface area contributed by atoms with E-state index >= 15 is 0 Å². The third-order valence-electron chi connectivity index (χ3n) is 2.42. The second-order valence-corrected chi connectivity index (χ2v) is 6.98. The van der Waals surface area contributed by atoms with Crippen LogP contribution in [-0.4, -0.2) is 37.4 Å². The Balaban J connectivity index is 5.71. The van der Waals surface area contributed by atoms with Crippen molar-refractivity contribution in [2.75, 3.05) is 12.8 Å². The number of rotatable bonds is 3. The Labute approximate surface area is 102 Å². The molecule has 0 saturated heterocycles. The largest absolute Gasteiger partial charge is 0.410 e. The van der Waals surface area contributed by atoms with E-state index in [0.29, 0.717) is 0 Å². The van der Waals surface area contributed by atoms with Gasteiger partial charge >= 0.3 is 0 Å². The molecule has 7 heteroatoms. The van der Waals surface area contributed by atoms with Gasteiger partial charge in [0.15, 0.2) is 14.9 Å². The summed E-state index contributed by atoms with van der Waals surface area (Å²) in [5.41, 5.74) is -0.663. The number of nitrogens with zero attached hydrogens (tertiary/aromatic N) is 1. The van der Waals surface area contributed by atoms with Crippen LogP contribution in [0, 0.1) is 11.3 Å². The van der Waals surface area contributed by atoms with Crippen LogP contribution in [0.2, 0.25) is 0 Å². The molecule has 0 aromatic rings. The molecule has 0 radical (unpaired) electrons. The molecular weight excluding hydrogens is 244 g/mol. The molecule has 1 unspecified atom stereocenters. The summed E-state index contributed by atoms with van der Waals surface area (Å²) < 4.78 is 23.5. The second-order valence-electron chi connectivity index (χ2n) is 4.75. The normalized spacial score (nSPS) is 15.5. The minimum Gasteiger partial charge on any atom is -0.410 e. The van der Waals surface area contributed by atoms with Crippen LogP contribution in [-0.2, 0) is 14.6 Å². The van der Waals surface area contributed by atoms with Gasteiger partial charge in [-0.05, 0) is 5.41 Å². The lowest BCUT2D eigenvalue weighted by Gasteiger charge is -2.28. The van der Waals surface area contributed by atoms with E-state index in [-0.39, 0.29) is 5.75 Å². The molecule has 17 heavy (non-hydrogen) atoms. The van der Waals surface area contributed by atoms with Gasteiger partial charge in [-0.2, -0.15) is 0 Å². The van der Waals surface area contributed by atoms with Crippen molar-refractivity contribution in [2.45, 2.75) is 27.7 Å². The molecule has 0 rings (SSSR count). The molecule has 0 spiro atoms. The number of nitrogens with one attached hydrogen (secondary N) is 1. The summed E-state index contributed by atoms with van der Waals surface area (Å²) in [6, 6.07) is 0. The summed E-state index contributed by atoms with van der Waals surface area (Å²) in [4.78, 5) is 11.8. The van der Waals surface area contributed by atoms with Gasteiger partial charge in [-0.15, -0.1) is 0 Å². The molecule has 1 amide bonds. The molecule has 1 atom stereocenters. The molecular formula is C10H20N2O4S. The van der Waals surface area contributed by atoms with E-state index in [2.05, 4.69) is 10.5 Å². The standard InChI is InChI=1S/C10H20N2O4S/c1-6-17(15,16)9(12-14)7(8(13)11-5)10(2,3)4/h7,14H,6H2,1-5H3,(H,11,13)/b12-9-. The van der Waals surface area contributed by atoms with E-state index in [4.69, 9.17) is 5.21 Å². The number of carbonyl (C=O) groups excluding carboxylic acids is 1. The van der Waals surface area contributed by atoms with Gasteiger partial charge in [0.2, 0.25) is 5.91 Å². The summed E-state index contributed by atoms with van der Waals surface area (Å²) in [5, 5.41) is 13.6. The van der Waals surface area contributed by atoms with Crippen LogP contribution < -0.4 is 5.32 Å². The molecule has 0 saturated carbocycles. The van der Waals surface area contributed by atoms with Gasteiger partial charge in [0.25, 0.3) is 0 Å². The average molecular weight is 264 g/mol. The van der Waals surface area contributed by atoms with Crippen LogP contribution in [0.25, 0.3) is 0 Å². The third-order valence-corrected chi connectivity index (χ3v) is 4.13. The maximum absolute atomic E-state index is 11.8. The zero-order chi connectivity index (χ0) is 13.9. The highest BCUT2D eigenvalue weighted by molar-refractivity contribution is 8.06. The van der Waals surface area contributed by atoms with Crippen LogP contribution in [0.3, 0.4) is 0 Å². The SMILES string of the molecule is CCS(=O)(=O)/C(=N\O)C(C(=O)NC)C(C)(C)C. The van der Waals surface area contributed by atoms with Gasteiger partial charge in [-0.1, -0.05) is 32.9 Å². The smallest absolute Gasteiger partial charge is 0.230 e. The molecule has 6 nitrogen and oxygen atoms in total. The van der Waals surface area contributed by atoms with Crippen LogP contribution in [0.15, 0.2) is 5.16 Å². The summed E-state index contributed by atoms with van der Waals surface area (Å²) in [7, 11) is -2.30. The number of oxime groups is 1. The first kappa shape index (κ1) is 15.9. The number of amides is 1. The Morgan fingerprint density at radius 3 is 2.12 bits per heavy atom. The van der Waals surface area contributed by atoms with E-state index in [1.165, 1.54) is 14.0 Å². The molecule has 0 aliphatic carbocycles. The van der Waals surface area contributed by atoms with E-state index < -0.39 is 32.1 Å². The van der Waals surface area contributed by atoms with Crippen molar-refractivity contribution in [3.63, 3.8) is 0 Å². The first-order chi connectivity index (χ1) is 7.61. The maximum atomic E-state index is 11.8. The van der Waals surface area contributed by atoms with E-state index in [9.17, 15) is 13.2 Å². The maximum Gasteiger partial charge on any atom is 0.230 e. The number of sulfone groups is 1. The molecule has 0 aromatic carbocycles. The molecule has 0 fully saturated rings. The summed E-state index contributed by atoms with van der Waals surface area (Å²) >= 11 is 0. The van der Waals surface area contributed by atoms with Crippen molar-refractivity contribution in [3.8, 4) is 0 Å². The number of hydrogen-bond donors (Lipinski definition) is 2. The van der Waals surface area contributed by atoms with E-state index in [1.54, 1.807) is 20.8 Å². The predicted octanol–water partition coefficient (Wildman–Crippen LogP) is 0.617. The number of hydrogen-bond acceptors (Lipinski definition) is 5. The van der Waals surface area contributed by atoms with Gasteiger partial charge in [-0.3, -0.25) is 4.79 Å². The van der Waals surface area contributed by atoms with Crippen molar-refractivity contribution in [3.05, 3.63) is 0 Å². The van der Waals surface area contributed by atoms with Crippen LogP contribution in [0.5, 0.6) is 0 Å². The second kappa shape index (κ2) is 5.48. The summed E-state index contributed by atoms with van der Waals surface area (Å²) in [6.45, 7) is 6.57. The van der Waals surface area contributed by atoms with Gasteiger partial charge in [-0.25, -0.2) is 8.42 Å². The molecule has 0 aromatic heterocycles. The van der Waals surface area contributed by atoms with Gasteiger partial charge < -0.3 is 10.5 Å². The van der Waals surface area contributed by atoms with Gasteiger partial charge in [0.1, 0.15) is 0 Å². The predicted molar refractivity (Wildman–Crippen MR) is 65.7 cm³/mol. The Hall–Kier alpha value is -1.11. The fourth-order valence-electron chi connectivity index (χ4n) is 1.47. The zero-order valence-electron chi connectivity index (χ0n) is 10.8. The molecule has 2 N–H and O–H groups in total. The minimum absolute atomic E-state index is 0.212. The molecule has 0 heterocycles. The highest BCUT2D eigenvalue weighted by Gasteiger charge is 2.41. The van der Waals surface area contributed by atoms with Crippen molar-refractivity contribution >= 4 is 20.8 Å². The summed E-state index contributed by atoms with van der Waals surface area (Å²) in [5.74, 6) is -1.71. The quantitative estimate of drug-likeness (QED) is 0.338. The monoisotopic (exact) mass is 264 g/mol. The van der Waals surface area contributed by atoms with Crippen LogP contribution >= 0.6 is 0 Å². The van der Waals surface area contributed by atoms with Crippen LogP contribution in [0.4, 0.5) is 0 Å². The molecule has 100 valence electrons. The van der Waals surface area contributed by atoms with Gasteiger partial charge in [0.05, 0.1) is 11.7 Å². The first-order valence-electron chi connectivity index (χ1n) is 5.28. The first-order valence-corrected chi connectivity index (χ1v) is 6.93. The van der Waals surface area contributed by atoms with Crippen molar-refractivity contribution in [1.82, 2.24) is 5.32 Å². The molecule has 0 bridgehead atoms. The Kier molecular flexibility index (Phi) is 5.12. The number of carbonyl (C=O) groups is 1. The lowest BCUT2D eigenvalue weighted by molar-refractivity contribution is -0.124. The molecule has 0 aliphatic heterocycles. The van der Waals surface area contributed by atoms with Crippen LogP contribution in [0.1, 0.15) is 27.7 Å². The highest BCUT2D eigenvalue weighted by Crippen LogP contribution is 2.29. The fraction of sp³-hybridized carbons (Fsp3) is 0.800. The Bertz CT molecular complexity index is 407. The topological polar surface area (TPSA) is 95.8 Å². The van der Waals surface area contributed by atoms with Gasteiger partial charge in [0, 0.05) is 7.05 Å². The lowest BCUT2D eigenvalue weighted by atomic mass is 9.80. The van der Waals surface area contributed by atoms with E-state index in [1.807, 2.05) is 0 Å². The highest BCUT2D eigenvalue weighted by atomic mass is 32.2. The average Bonchev–Trinajstić information content (AvgIpc) is 2.22. The van der Waals surface area contributed by atoms with Crippen molar-refractivity contribution in [1.29, 1.82) is 0 Å². The minimum atomic E-state index is -3.71. The Morgan fingerprint density at radius 1 is 1.41 bits per heavy atom. The summed E-state index contributed by atoms with van der Waals surface area (Å²) in [6.07, 6.45) is 0. The Morgan fingerprint density at radius 2 is 1.88 bits per heavy atom. The van der Waals surface area contributed by atoms with Crippen molar-refractivity contribution < 1.29 is 18.4 Å².